The number of anilines is 2. The Labute approximate surface area is 265 Å². The molecule has 1 unspecified atom stereocenters. The number of nitrogens with two attached hydrogens (primary N) is 2. The number of ether oxygens (including phenoxy) is 2. The minimum absolute atomic E-state index is 0.0744. The molecule has 4 aromatic heterocycles. The van der Waals surface area contributed by atoms with Gasteiger partial charge >= 0.3 is 15.1 Å². The highest BCUT2D eigenvalue weighted by Gasteiger charge is 2.53. The maximum Gasteiger partial charge on any atom is 0.388 e. The summed E-state index contributed by atoms with van der Waals surface area (Å²) in [6.07, 6.45) is -1.52. The first-order valence-corrected chi connectivity index (χ1v) is 18.0. The van der Waals surface area contributed by atoms with Crippen LogP contribution in [0.2, 0.25) is 0 Å². The molecule has 248 valence electrons. The van der Waals surface area contributed by atoms with Gasteiger partial charge in [-0.15, -0.1) is 0 Å². The molecule has 0 aromatic carbocycles. The maximum absolute atomic E-state index is 13.5. The van der Waals surface area contributed by atoms with Gasteiger partial charge in [-0.1, -0.05) is 19.2 Å². The predicted octanol–water partition coefficient (Wildman–Crippen LogP) is 0.967. The van der Waals surface area contributed by atoms with E-state index in [1.807, 2.05) is 0 Å². The Bertz CT molecular complexity index is 1850. The monoisotopic (exact) mass is 700 g/mol. The number of aliphatic hydroxyl groups excluding tert-OH is 1. The van der Waals surface area contributed by atoms with Gasteiger partial charge in [0.25, 0.3) is 0 Å². The Morgan fingerprint density at radius 1 is 1.02 bits per heavy atom. The van der Waals surface area contributed by atoms with Crippen LogP contribution >= 0.6 is 27.3 Å². The van der Waals surface area contributed by atoms with Crippen LogP contribution in [0.3, 0.4) is 0 Å². The number of nitrogens with zero attached hydrogens (tertiary/aromatic N) is 8. The summed E-state index contributed by atoms with van der Waals surface area (Å²) in [5.74, 6) is -2.76. The Kier molecular flexibility index (Phi) is 8.30. The number of hydrogen-bond acceptors (Lipinski definition) is 18. The molecule has 6 N–H and O–H groups in total. The van der Waals surface area contributed by atoms with Crippen molar-refractivity contribution in [2.45, 2.75) is 62.4 Å². The Balaban J connectivity index is 1.21. The quantitative estimate of drug-likeness (QED) is 0.147. The van der Waals surface area contributed by atoms with E-state index in [0.29, 0.717) is 11.2 Å². The van der Waals surface area contributed by atoms with E-state index < -0.39 is 70.2 Å². The van der Waals surface area contributed by atoms with Crippen LogP contribution in [0.25, 0.3) is 22.3 Å². The number of nitrogen functional groups attached to an aromatic ring is 2. The fourth-order valence-electron chi connectivity index (χ4n) is 5.96. The highest BCUT2D eigenvalue weighted by atomic mass is 32.7. The van der Waals surface area contributed by atoms with Crippen molar-refractivity contribution in [2.75, 3.05) is 24.7 Å². The standard InChI is InChI=1S/C23H30N10O10P2S/c1-2-23(35)10-3-13(32-8-30-14-18(24)26-6-28-20(14)32)40-11(10)4-38-44(36)42-17-16(34)12(5-39-45(37,46)43-23)41-22(17)33-9-31-15-19(25)27-7-29-21(15)33/h6-13,16-17,22,34-35,44H,2-5H2,1H3,(H,37,46)(H2,24,26,28)(H2,25,27,29)/t10-,11+,12+,13+,16+,17+,22+,23+,45+/m0/s1. The van der Waals surface area contributed by atoms with Gasteiger partial charge in [0.05, 0.1) is 32.0 Å². The molecule has 0 radical (unpaired) electrons. The normalized spacial score (nSPS) is 37.4. The summed E-state index contributed by atoms with van der Waals surface area (Å²) < 4.78 is 64.8. The van der Waals surface area contributed by atoms with E-state index in [0.717, 1.165) is 0 Å². The van der Waals surface area contributed by atoms with Crippen LogP contribution in [0.1, 0.15) is 32.2 Å². The van der Waals surface area contributed by atoms with E-state index in [2.05, 4.69) is 42.2 Å². The molecule has 3 aliphatic heterocycles. The average Bonchev–Trinajstić information content (AvgIpc) is 3.80. The first kappa shape index (κ1) is 31.8. The van der Waals surface area contributed by atoms with Crippen molar-refractivity contribution in [3.05, 3.63) is 25.3 Å². The van der Waals surface area contributed by atoms with Gasteiger partial charge in [-0.2, -0.15) is 0 Å². The van der Waals surface area contributed by atoms with Crippen molar-refractivity contribution in [3.63, 3.8) is 0 Å². The largest absolute Gasteiger partial charge is 0.388 e. The van der Waals surface area contributed by atoms with Gasteiger partial charge in [-0.05, 0) is 6.42 Å². The second kappa shape index (κ2) is 12.0. The third-order valence-corrected chi connectivity index (χ3v) is 10.7. The molecule has 7 rings (SSSR count). The Hall–Kier alpha value is -2.81. The van der Waals surface area contributed by atoms with Crippen LogP contribution in [0.4, 0.5) is 11.6 Å². The summed E-state index contributed by atoms with van der Waals surface area (Å²) in [6.45, 7) is -3.59. The molecule has 0 spiro atoms. The molecule has 4 aromatic rings. The lowest BCUT2D eigenvalue weighted by atomic mass is 9.89. The Morgan fingerprint density at radius 3 is 2.35 bits per heavy atom. The molecule has 0 amide bonds. The van der Waals surface area contributed by atoms with Crippen LogP contribution < -0.4 is 11.5 Å². The van der Waals surface area contributed by atoms with Crippen LogP contribution in [-0.4, -0.2) is 92.7 Å². The number of hydrogen-bond donors (Lipinski definition) is 5. The van der Waals surface area contributed by atoms with Gasteiger partial charge in [-0.25, -0.2) is 34.5 Å². The third-order valence-electron chi connectivity index (χ3n) is 8.27. The van der Waals surface area contributed by atoms with Crippen LogP contribution in [-0.2, 0) is 36.7 Å². The molecular formula is C23H30N10O10P2S. The number of aliphatic hydroxyl groups is 2. The molecule has 3 fully saturated rings. The van der Waals surface area contributed by atoms with Crippen LogP contribution in [0.5, 0.6) is 0 Å². The average molecular weight is 701 g/mol. The van der Waals surface area contributed by atoms with Gasteiger partial charge in [0.1, 0.15) is 48.2 Å². The van der Waals surface area contributed by atoms with Crippen molar-refractivity contribution >= 4 is 61.3 Å². The predicted molar refractivity (Wildman–Crippen MR) is 160 cm³/mol. The molecule has 0 aliphatic carbocycles. The third kappa shape index (κ3) is 5.58. The molecule has 0 saturated carbocycles. The van der Waals surface area contributed by atoms with Crippen molar-refractivity contribution in [1.29, 1.82) is 0 Å². The van der Waals surface area contributed by atoms with Crippen molar-refractivity contribution in [2.24, 2.45) is 5.92 Å². The summed E-state index contributed by atoms with van der Waals surface area (Å²) in [4.78, 5) is 24.8. The lowest BCUT2D eigenvalue weighted by Gasteiger charge is -2.36. The fraction of sp³-hybridized carbons (Fsp3) is 0.565. The van der Waals surface area contributed by atoms with Crippen molar-refractivity contribution < 1.29 is 46.9 Å². The second-order valence-corrected chi connectivity index (χ2v) is 14.8. The number of rotatable bonds is 3. The van der Waals surface area contributed by atoms with E-state index in [9.17, 15) is 19.3 Å². The summed E-state index contributed by atoms with van der Waals surface area (Å²) in [7, 11) is -3.35. The minimum Gasteiger partial charge on any atom is -0.387 e. The van der Waals surface area contributed by atoms with Crippen LogP contribution in [0.15, 0.2) is 25.3 Å². The summed E-state index contributed by atoms with van der Waals surface area (Å²) in [6, 6.07) is 0. The Morgan fingerprint density at radius 2 is 1.67 bits per heavy atom. The number of fused-ring (bicyclic) bond motifs is 5. The van der Waals surface area contributed by atoms with E-state index >= 15 is 0 Å². The molecule has 20 nitrogen and oxygen atoms in total. The molecule has 3 aliphatic rings. The lowest BCUT2D eigenvalue weighted by Crippen LogP contribution is -2.45. The van der Waals surface area contributed by atoms with E-state index in [-0.39, 0.29) is 42.2 Å². The molecular weight excluding hydrogens is 670 g/mol. The van der Waals surface area contributed by atoms with Crippen LogP contribution in [0, 0.1) is 5.92 Å². The minimum atomic E-state index is -4.32. The maximum atomic E-state index is 13.5. The summed E-state index contributed by atoms with van der Waals surface area (Å²) >= 11 is 4.12. The molecule has 2 bridgehead atoms. The number of imidazole rings is 2. The lowest BCUT2D eigenvalue weighted by molar-refractivity contribution is -0.197. The van der Waals surface area contributed by atoms with Crippen molar-refractivity contribution in [1.82, 2.24) is 39.0 Å². The molecule has 7 heterocycles. The van der Waals surface area contributed by atoms with Gasteiger partial charge < -0.3 is 35.7 Å². The zero-order valence-electron chi connectivity index (χ0n) is 24.0. The number of thiol groups is 1. The molecule has 3 saturated heterocycles. The van der Waals surface area contributed by atoms with Gasteiger partial charge in [0, 0.05) is 12.3 Å². The summed E-state index contributed by atoms with van der Waals surface area (Å²) in [5, 5.41) is 23.0. The van der Waals surface area contributed by atoms with Gasteiger partial charge in [0.15, 0.2) is 34.9 Å². The van der Waals surface area contributed by atoms with Gasteiger partial charge in [0.2, 0.25) is 0 Å². The summed E-state index contributed by atoms with van der Waals surface area (Å²) in [5.41, 5.74) is 13.1. The topological polar surface area (TPSA) is 269 Å². The highest BCUT2D eigenvalue weighted by Crippen LogP contribution is 2.59. The van der Waals surface area contributed by atoms with Crippen molar-refractivity contribution in [3.8, 4) is 0 Å². The zero-order chi connectivity index (χ0) is 32.4. The van der Waals surface area contributed by atoms with E-state index in [4.69, 9.17) is 39.0 Å². The van der Waals surface area contributed by atoms with E-state index in [1.165, 1.54) is 29.9 Å². The van der Waals surface area contributed by atoms with Gasteiger partial charge in [-0.3, -0.25) is 27.3 Å². The molecule has 46 heavy (non-hydrogen) atoms. The first-order valence-electron chi connectivity index (χ1n) is 14.1. The van der Waals surface area contributed by atoms with E-state index in [1.54, 1.807) is 11.5 Å². The first-order chi connectivity index (χ1) is 22.0. The highest BCUT2D eigenvalue weighted by molar-refractivity contribution is 8.44. The fourth-order valence-corrected chi connectivity index (χ4v) is 8.48. The molecule has 10 atom stereocenters. The smallest absolute Gasteiger partial charge is 0.387 e. The second-order valence-electron chi connectivity index (χ2n) is 10.9. The SMILES string of the molecule is CC[C@@]1(O)O[P@](=O)(S)OC[C@H]2O[C@@H](n3cnc4c(N)ncnc43)[C@H](O[PH](=O)OC[C@H]3O[C@@H](n4cnc5c(N)ncnc54)C[C@@H]31)[C@@H]2O. The zero-order valence-corrected chi connectivity index (χ0v) is 26.8. The molecule has 23 heteroatoms. The number of aromatic nitrogens is 8.